The van der Waals surface area contributed by atoms with Gasteiger partial charge in [0.05, 0.1) is 34.4 Å². The SMILES string of the molecule is COC(=O)[C@H]1[C@H](c2cc(OC)c(OC)c(OC)c2)c2cc3c(cc2C(=O)[C@@H]1Cc1c[nH]c2ccccc12)OCO3. The van der Waals surface area contributed by atoms with E-state index in [1.54, 1.807) is 12.1 Å². The van der Waals surface area contributed by atoms with Crippen molar-refractivity contribution < 1.29 is 38.0 Å². The quantitative estimate of drug-likeness (QED) is 0.328. The van der Waals surface area contributed by atoms with Gasteiger partial charge in [0.15, 0.2) is 28.8 Å². The van der Waals surface area contributed by atoms with Crippen molar-refractivity contribution in [1.82, 2.24) is 4.98 Å². The van der Waals surface area contributed by atoms with Crippen molar-refractivity contribution in [2.24, 2.45) is 11.8 Å². The average molecular weight is 544 g/mol. The van der Waals surface area contributed by atoms with Crippen LogP contribution in [-0.4, -0.2) is 52.0 Å². The highest BCUT2D eigenvalue weighted by atomic mass is 16.7. The summed E-state index contributed by atoms with van der Waals surface area (Å²) < 4.78 is 33.5. The summed E-state index contributed by atoms with van der Waals surface area (Å²) in [5, 5.41) is 1.000. The van der Waals surface area contributed by atoms with Crippen molar-refractivity contribution in [3.63, 3.8) is 0 Å². The number of rotatable bonds is 7. The number of ketones is 1. The van der Waals surface area contributed by atoms with E-state index in [-0.39, 0.29) is 12.6 Å². The first-order valence-corrected chi connectivity index (χ1v) is 12.9. The Kier molecular flexibility index (Phi) is 6.50. The van der Waals surface area contributed by atoms with Gasteiger partial charge in [0.2, 0.25) is 12.5 Å². The van der Waals surface area contributed by atoms with Gasteiger partial charge in [0, 0.05) is 34.5 Å². The second-order valence-corrected chi connectivity index (χ2v) is 9.81. The third-order valence-corrected chi connectivity index (χ3v) is 7.91. The molecule has 1 aromatic heterocycles. The number of benzene rings is 3. The number of nitrogens with one attached hydrogen (secondary N) is 1. The zero-order chi connectivity index (χ0) is 28.0. The maximum atomic E-state index is 14.2. The Morgan fingerprint density at radius 3 is 2.33 bits per heavy atom. The minimum Gasteiger partial charge on any atom is -0.493 e. The molecule has 1 aliphatic heterocycles. The predicted molar refractivity (Wildman–Crippen MR) is 146 cm³/mol. The molecule has 9 nitrogen and oxygen atoms in total. The van der Waals surface area contributed by atoms with Crippen LogP contribution in [0, 0.1) is 11.8 Å². The molecule has 0 saturated carbocycles. The Morgan fingerprint density at radius 2 is 1.65 bits per heavy atom. The largest absolute Gasteiger partial charge is 0.493 e. The molecule has 2 heterocycles. The molecule has 6 rings (SSSR count). The summed E-state index contributed by atoms with van der Waals surface area (Å²) >= 11 is 0. The molecule has 0 amide bonds. The predicted octanol–water partition coefficient (Wildman–Crippen LogP) is 4.90. The number of carbonyl (C=O) groups is 2. The highest BCUT2D eigenvalue weighted by Crippen LogP contribution is 2.51. The number of aromatic amines is 1. The third-order valence-electron chi connectivity index (χ3n) is 7.91. The molecule has 3 aromatic carbocycles. The summed E-state index contributed by atoms with van der Waals surface area (Å²) in [6.07, 6.45) is 2.23. The number of fused-ring (bicyclic) bond motifs is 3. The molecule has 0 saturated heterocycles. The fourth-order valence-electron chi connectivity index (χ4n) is 6.08. The van der Waals surface area contributed by atoms with Crippen molar-refractivity contribution in [2.75, 3.05) is 35.2 Å². The van der Waals surface area contributed by atoms with E-state index < -0.39 is 23.7 Å². The topological polar surface area (TPSA) is 105 Å². The van der Waals surface area contributed by atoms with Crippen LogP contribution in [0.1, 0.15) is 33.0 Å². The lowest BCUT2D eigenvalue weighted by Gasteiger charge is -2.37. The average Bonchev–Trinajstić information content (AvgIpc) is 3.62. The van der Waals surface area contributed by atoms with Gasteiger partial charge in [-0.3, -0.25) is 9.59 Å². The lowest BCUT2D eigenvalue weighted by Crippen LogP contribution is -2.41. The van der Waals surface area contributed by atoms with Gasteiger partial charge in [-0.15, -0.1) is 0 Å². The van der Waals surface area contributed by atoms with E-state index in [2.05, 4.69) is 4.98 Å². The van der Waals surface area contributed by atoms with Gasteiger partial charge < -0.3 is 33.4 Å². The number of methoxy groups -OCH3 is 4. The Hall–Kier alpha value is -4.66. The van der Waals surface area contributed by atoms with Crippen LogP contribution in [0.15, 0.2) is 54.7 Å². The van der Waals surface area contributed by atoms with Crippen LogP contribution in [0.4, 0.5) is 0 Å². The number of Topliss-reactive ketones (excluding diaryl/α,β-unsaturated/α-hetero) is 1. The maximum Gasteiger partial charge on any atom is 0.310 e. The Bertz CT molecular complexity index is 1600. The van der Waals surface area contributed by atoms with E-state index in [0.717, 1.165) is 16.5 Å². The van der Waals surface area contributed by atoms with E-state index >= 15 is 0 Å². The zero-order valence-electron chi connectivity index (χ0n) is 22.6. The van der Waals surface area contributed by atoms with Crippen LogP contribution in [-0.2, 0) is 16.0 Å². The number of para-hydroxylation sites is 1. The standard InChI is InChI=1S/C31H29NO8/c1-35-25-10-16(11-26(36-2)30(25)37-3)27-19-12-23-24(40-15-39-23)13-20(19)29(33)21(28(27)31(34)38-4)9-17-14-32-22-8-6-5-7-18(17)22/h5-8,10-14,21,27-28,32H,9,15H2,1-4H3/t21-,27-,28-/m1/s1. The molecular formula is C31H29NO8. The van der Waals surface area contributed by atoms with Crippen molar-refractivity contribution >= 4 is 22.7 Å². The molecular weight excluding hydrogens is 514 g/mol. The minimum absolute atomic E-state index is 0.0560. The first kappa shape index (κ1) is 25.6. The number of carbonyl (C=O) groups excluding carboxylic acids is 2. The molecule has 3 atom stereocenters. The number of hydrogen-bond acceptors (Lipinski definition) is 8. The maximum absolute atomic E-state index is 14.2. The smallest absolute Gasteiger partial charge is 0.310 e. The molecule has 9 heteroatoms. The van der Waals surface area contributed by atoms with Gasteiger partial charge in [0.1, 0.15) is 0 Å². The van der Waals surface area contributed by atoms with Gasteiger partial charge in [-0.05, 0) is 53.4 Å². The number of ether oxygens (including phenoxy) is 6. The van der Waals surface area contributed by atoms with Gasteiger partial charge in [-0.1, -0.05) is 18.2 Å². The second kappa shape index (κ2) is 10.1. The molecule has 0 fully saturated rings. The van der Waals surface area contributed by atoms with E-state index in [0.29, 0.717) is 51.9 Å². The number of H-pyrrole nitrogens is 1. The Morgan fingerprint density at radius 1 is 0.950 bits per heavy atom. The van der Waals surface area contributed by atoms with Crippen LogP contribution < -0.4 is 23.7 Å². The van der Waals surface area contributed by atoms with Crippen molar-refractivity contribution in [2.45, 2.75) is 12.3 Å². The van der Waals surface area contributed by atoms with Gasteiger partial charge in [-0.2, -0.15) is 0 Å². The fraction of sp³-hybridized carbons (Fsp3) is 0.290. The minimum atomic E-state index is -0.846. The molecule has 2 aliphatic rings. The molecule has 0 unspecified atom stereocenters. The summed E-state index contributed by atoms with van der Waals surface area (Å²) in [5.41, 5.74) is 3.74. The lowest BCUT2D eigenvalue weighted by atomic mass is 9.64. The van der Waals surface area contributed by atoms with Crippen molar-refractivity contribution in [3.05, 3.63) is 77.0 Å². The third kappa shape index (κ3) is 4.00. The Labute approximate surface area is 230 Å². The van der Waals surface area contributed by atoms with E-state index in [4.69, 9.17) is 28.4 Å². The normalized spacial score (nSPS) is 19.3. The number of esters is 1. The van der Waals surface area contributed by atoms with Gasteiger partial charge in [0.25, 0.3) is 0 Å². The second-order valence-electron chi connectivity index (χ2n) is 9.81. The van der Waals surface area contributed by atoms with Gasteiger partial charge in [-0.25, -0.2) is 0 Å². The van der Waals surface area contributed by atoms with Gasteiger partial charge >= 0.3 is 5.97 Å². The zero-order valence-corrected chi connectivity index (χ0v) is 22.6. The highest BCUT2D eigenvalue weighted by Gasteiger charge is 2.48. The van der Waals surface area contributed by atoms with E-state index in [9.17, 15) is 9.59 Å². The van der Waals surface area contributed by atoms with Crippen molar-refractivity contribution in [1.29, 1.82) is 0 Å². The molecule has 40 heavy (non-hydrogen) atoms. The van der Waals surface area contributed by atoms with E-state index in [1.165, 1.54) is 28.4 Å². The molecule has 0 spiro atoms. The summed E-state index contributed by atoms with van der Waals surface area (Å²) in [5.74, 6) is -0.472. The van der Waals surface area contributed by atoms with Crippen molar-refractivity contribution in [3.8, 4) is 28.7 Å². The summed E-state index contributed by atoms with van der Waals surface area (Å²) in [7, 11) is 5.95. The number of hydrogen-bond donors (Lipinski definition) is 1. The van der Waals surface area contributed by atoms with Crippen LogP contribution in [0.5, 0.6) is 28.7 Å². The Balaban J connectivity index is 1.58. The van der Waals surface area contributed by atoms with Crippen LogP contribution in [0.25, 0.3) is 10.9 Å². The first-order valence-electron chi connectivity index (χ1n) is 12.9. The molecule has 1 N–H and O–H groups in total. The molecule has 4 aromatic rings. The highest BCUT2D eigenvalue weighted by molar-refractivity contribution is 6.05. The fourth-order valence-corrected chi connectivity index (χ4v) is 6.08. The monoisotopic (exact) mass is 543 g/mol. The first-order chi connectivity index (χ1) is 19.5. The summed E-state index contributed by atoms with van der Waals surface area (Å²) in [4.78, 5) is 31.2. The van der Waals surface area contributed by atoms with Crippen LogP contribution in [0.2, 0.25) is 0 Å². The van der Waals surface area contributed by atoms with Crippen LogP contribution in [0.3, 0.4) is 0 Å². The molecule has 206 valence electrons. The van der Waals surface area contributed by atoms with Crippen LogP contribution >= 0.6 is 0 Å². The van der Waals surface area contributed by atoms with E-state index in [1.807, 2.05) is 42.6 Å². The molecule has 1 aliphatic carbocycles. The number of aromatic nitrogens is 1. The molecule has 0 radical (unpaired) electrons. The molecule has 0 bridgehead atoms. The lowest BCUT2D eigenvalue weighted by molar-refractivity contribution is -0.147. The summed E-state index contributed by atoms with van der Waals surface area (Å²) in [6.45, 7) is 0.0560. The summed E-state index contributed by atoms with van der Waals surface area (Å²) in [6, 6.07) is 15.0.